The summed E-state index contributed by atoms with van der Waals surface area (Å²) in [4.78, 5) is 0. The van der Waals surface area contributed by atoms with E-state index in [0.29, 0.717) is 24.7 Å². The Morgan fingerprint density at radius 2 is 2.06 bits per heavy atom. The molecular weight excluding hydrogens is 384 g/mol. The van der Waals surface area contributed by atoms with Crippen LogP contribution in [0.5, 0.6) is 0 Å². The molecule has 0 aromatic rings. The van der Waals surface area contributed by atoms with Gasteiger partial charge in [-0.2, -0.15) is 0 Å². The van der Waals surface area contributed by atoms with Crippen molar-refractivity contribution in [2.75, 3.05) is 6.61 Å². The van der Waals surface area contributed by atoms with Crippen LogP contribution in [0.25, 0.3) is 0 Å². The lowest BCUT2D eigenvalue weighted by Crippen LogP contribution is -2.32. The molecule has 3 aliphatic rings. The summed E-state index contributed by atoms with van der Waals surface area (Å²) in [6.07, 6.45) is 15.7. The predicted molar refractivity (Wildman–Crippen MR) is 129 cm³/mol. The summed E-state index contributed by atoms with van der Waals surface area (Å²) >= 11 is 0. The average Bonchev–Trinajstić information content (AvgIpc) is 3.04. The largest absolute Gasteiger partial charge is 0.396 e. The molecule has 0 aromatic heterocycles. The Morgan fingerprint density at radius 3 is 2.74 bits per heavy atom. The highest BCUT2D eigenvalue weighted by Gasteiger charge is 2.45. The third kappa shape index (κ3) is 5.61. The van der Waals surface area contributed by atoms with E-state index in [1.165, 1.54) is 18.4 Å². The summed E-state index contributed by atoms with van der Waals surface area (Å²) < 4.78 is 0. The van der Waals surface area contributed by atoms with Gasteiger partial charge < -0.3 is 15.3 Å². The van der Waals surface area contributed by atoms with E-state index in [1.54, 1.807) is 5.57 Å². The fourth-order valence-corrected chi connectivity index (χ4v) is 6.38. The van der Waals surface area contributed by atoms with E-state index in [2.05, 4.69) is 38.7 Å². The fourth-order valence-electron chi connectivity index (χ4n) is 6.38. The van der Waals surface area contributed by atoms with Gasteiger partial charge in [0.1, 0.15) is 0 Å². The Labute approximate surface area is 189 Å². The highest BCUT2D eigenvalue weighted by Crippen LogP contribution is 2.57. The lowest BCUT2D eigenvalue weighted by Gasteiger charge is -2.42. The van der Waals surface area contributed by atoms with Crippen LogP contribution < -0.4 is 0 Å². The van der Waals surface area contributed by atoms with E-state index in [4.69, 9.17) is 0 Å². The van der Waals surface area contributed by atoms with Crippen LogP contribution in [0.1, 0.15) is 85.5 Å². The summed E-state index contributed by atoms with van der Waals surface area (Å²) in [7, 11) is 0. The number of fused-ring (bicyclic) bond motifs is 1. The summed E-state index contributed by atoms with van der Waals surface area (Å²) in [5.41, 5.74) is 4.93. The molecule has 174 valence electrons. The minimum atomic E-state index is -0.573. The van der Waals surface area contributed by atoms with Crippen molar-refractivity contribution in [3.8, 4) is 0 Å². The van der Waals surface area contributed by atoms with Gasteiger partial charge in [0.2, 0.25) is 0 Å². The van der Waals surface area contributed by atoms with Crippen LogP contribution in [-0.4, -0.2) is 33.6 Å². The van der Waals surface area contributed by atoms with Gasteiger partial charge in [-0.1, -0.05) is 56.2 Å². The zero-order chi connectivity index (χ0) is 22.8. The maximum Gasteiger partial charge on any atom is 0.0591 e. The number of allylic oxidation sites excluding steroid dienone is 5. The molecule has 0 saturated heterocycles. The summed E-state index contributed by atoms with van der Waals surface area (Å²) in [6.45, 7) is 12.9. The third-order valence-corrected chi connectivity index (χ3v) is 8.20. The molecule has 0 radical (unpaired) electrons. The summed E-state index contributed by atoms with van der Waals surface area (Å²) in [5, 5.41) is 29.9. The van der Waals surface area contributed by atoms with Gasteiger partial charge in [-0.3, -0.25) is 0 Å². The Kier molecular flexibility index (Phi) is 7.71. The van der Waals surface area contributed by atoms with E-state index in [0.717, 1.165) is 43.3 Å². The molecule has 0 aliphatic heterocycles. The molecule has 3 N–H and O–H groups in total. The molecule has 0 amide bonds. The van der Waals surface area contributed by atoms with E-state index < -0.39 is 5.60 Å². The molecule has 0 aromatic carbocycles. The summed E-state index contributed by atoms with van der Waals surface area (Å²) in [5.74, 6) is 1.11. The highest BCUT2D eigenvalue weighted by atomic mass is 16.3. The first kappa shape index (κ1) is 24.5. The van der Waals surface area contributed by atoms with Crippen LogP contribution in [0.2, 0.25) is 0 Å². The Morgan fingerprint density at radius 1 is 1.32 bits per heavy atom. The minimum Gasteiger partial charge on any atom is -0.396 e. The van der Waals surface area contributed by atoms with Crippen LogP contribution in [0.3, 0.4) is 0 Å². The molecule has 0 spiro atoms. The van der Waals surface area contributed by atoms with Crippen molar-refractivity contribution >= 4 is 0 Å². The number of hydrogen-bond donors (Lipinski definition) is 3. The van der Waals surface area contributed by atoms with Crippen LogP contribution in [-0.2, 0) is 0 Å². The lowest BCUT2D eigenvalue weighted by molar-refractivity contribution is 0.0670. The molecular formula is C28H44O3. The molecule has 0 heterocycles. The molecule has 2 saturated carbocycles. The average molecular weight is 429 g/mol. The molecule has 2 fully saturated rings. The normalized spacial score (nSPS) is 35.4. The van der Waals surface area contributed by atoms with Crippen molar-refractivity contribution in [2.45, 2.75) is 97.2 Å². The third-order valence-electron chi connectivity index (χ3n) is 8.20. The molecule has 0 bridgehead atoms. The van der Waals surface area contributed by atoms with Crippen LogP contribution >= 0.6 is 0 Å². The van der Waals surface area contributed by atoms with Gasteiger partial charge >= 0.3 is 0 Å². The van der Waals surface area contributed by atoms with E-state index in [-0.39, 0.29) is 24.0 Å². The van der Waals surface area contributed by atoms with Crippen LogP contribution in [0.4, 0.5) is 0 Å². The zero-order valence-electron chi connectivity index (χ0n) is 20.2. The lowest BCUT2D eigenvalue weighted by atomic mass is 9.62. The maximum atomic E-state index is 10.2. The number of hydrogen-bond acceptors (Lipinski definition) is 3. The van der Waals surface area contributed by atoms with Gasteiger partial charge in [-0.25, -0.2) is 0 Å². The van der Waals surface area contributed by atoms with E-state index >= 15 is 0 Å². The number of aliphatic hydroxyl groups excluding tert-OH is 2. The van der Waals surface area contributed by atoms with Crippen molar-refractivity contribution in [2.24, 2.45) is 23.2 Å². The minimum absolute atomic E-state index is 0.0190. The van der Waals surface area contributed by atoms with Crippen molar-refractivity contribution in [3.63, 3.8) is 0 Å². The van der Waals surface area contributed by atoms with Crippen LogP contribution in [0.15, 0.2) is 47.1 Å². The first-order chi connectivity index (χ1) is 14.5. The van der Waals surface area contributed by atoms with Gasteiger partial charge in [0.15, 0.2) is 0 Å². The smallest absolute Gasteiger partial charge is 0.0591 e. The second-order valence-electron chi connectivity index (χ2n) is 11.3. The van der Waals surface area contributed by atoms with Crippen molar-refractivity contribution in [1.29, 1.82) is 0 Å². The molecule has 3 heteroatoms. The van der Waals surface area contributed by atoms with Gasteiger partial charge in [0.25, 0.3) is 0 Å². The van der Waals surface area contributed by atoms with Gasteiger partial charge in [0, 0.05) is 5.92 Å². The SMILES string of the molecule is C=C1/C(=C\C=C2/CCC[C@]3(C)C([C@H](C)CCCC(C)(C)O)=CC[C@@H]23)C[C@H](O)C[C@H]1CO. The van der Waals surface area contributed by atoms with Gasteiger partial charge in [-0.15, -0.1) is 0 Å². The second kappa shape index (κ2) is 9.77. The Hall–Kier alpha value is -1.16. The van der Waals surface area contributed by atoms with Crippen molar-refractivity contribution in [3.05, 3.63) is 47.1 Å². The molecule has 31 heavy (non-hydrogen) atoms. The predicted octanol–water partition coefficient (Wildman–Crippen LogP) is 5.87. The maximum absolute atomic E-state index is 10.2. The summed E-state index contributed by atoms with van der Waals surface area (Å²) in [6, 6.07) is 0. The Balaban J connectivity index is 1.72. The molecule has 3 nitrogen and oxygen atoms in total. The van der Waals surface area contributed by atoms with E-state index in [1.807, 2.05) is 13.8 Å². The topological polar surface area (TPSA) is 60.7 Å². The quantitative estimate of drug-likeness (QED) is 0.444. The van der Waals surface area contributed by atoms with E-state index in [9.17, 15) is 15.3 Å². The van der Waals surface area contributed by atoms with Crippen molar-refractivity contribution < 1.29 is 15.3 Å². The monoisotopic (exact) mass is 428 g/mol. The number of rotatable bonds is 7. The molecule has 5 atom stereocenters. The van der Waals surface area contributed by atoms with Crippen LogP contribution in [0, 0.1) is 23.2 Å². The molecule has 0 unspecified atom stereocenters. The fraction of sp³-hybridized carbons (Fsp3) is 0.714. The Bertz CT molecular complexity index is 751. The standard InChI is InChI=1S/C28H44O3/c1-19(8-6-14-27(3,4)31)25-12-13-26-21(9-7-15-28(25,26)5)10-11-22-16-24(30)17-23(18-29)20(22)2/h10-12,19,23-24,26,29-31H,2,6-9,13-18H2,1,3-5H3/b21-10+,22-11-/t19-,23+,24+,26+,28-/m1/s1. The molecule has 3 rings (SSSR count). The second-order valence-corrected chi connectivity index (χ2v) is 11.3. The van der Waals surface area contributed by atoms with Gasteiger partial charge in [0.05, 0.1) is 18.3 Å². The zero-order valence-corrected chi connectivity index (χ0v) is 20.2. The first-order valence-corrected chi connectivity index (χ1v) is 12.4. The highest BCUT2D eigenvalue weighted by molar-refractivity contribution is 5.39. The van der Waals surface area contributed by atoms with Gasteiger partial charge in [-0.05, 0) is 93.6 Å². The molecule has 3 aliphatic carbocycles. The first-order valence-electron chi connectivity index (χ1n) is 12.4. The van der Waals surface area contributed by atoms with Crippen molar-refractivity contribution in [1.82, 2.24) is 0 Å². The number of aliphatic hydroxyl groups is 3.